The number of methoxy groups -OCH3 is 2. The molecule has 0 aliphatic rings. The molecule has 0 saturated carbocycles. The van der Waals surface area contributed by atoms with Crippen LogP contribution in [0.25, 0.3) is 0 Å². The Balaban J connectivity index is 2.33. The van der Waals surface area contributed by atoms with Crippen LogP contribution in [0.1, 0.15) is 0 Å². The predicted molar refractivity (Wildman–Crippen MR) is 78.1 cm³/mol. The SMILES string of the molecule is COc1ccc(OC)c(Nc2ccc(N)c(N)c2)c1. The Morgan fingerprint density at radius 3 is 2.32 bits per heavy atom. The molecule has 0 bridgehead atoms. The van der Waals surface area contributed by atoms with Crippen LogP contribution >= 0.6 is 0 Å². The molecular weight excluding hydrogens is 242 g/mol. The monoisotopic (exact) mass is 259 g/mol. The maximum absolute atomic E-state index is 5.78. The third-order valence-corrected chi connectivity index (χ3v) is 2.77. The van der Waals surface area contributed by atoms with Crippen LogP contribution in [0, 0.1) is 0 Å². The molecule has 0 radical (unpaired) electrons. The average Bonchev–Trinajstić information content (AvgIpc) is 2.43. The highest BCUT2D eigenvalue weighted by Gasteiger charge is 2.06. The van der Waals surface area contributed by atoms with E-state index in [2.05, 4.69) is 5.32 Å². The van der Waals surface area contributed by atoms with E-state index in [1.54, 1.807) is 26.4 Å². The van der Waals surface area contributed by atoms with Gasteiger partial charge in [0.05, 0.1) is 31.3 Å². The van der Waals surface area contributed by atoms with Crippen molar-refractivity contribution in [1.82, 2.24) is 0 Å². The molecule has 19 heavy (non-hydrogen) atoms. The predicted octanol–water partition coefficient (Wildman–Crippen LogP) is 2.61. The van der Waals surface area contributed by atoms with Gasteiger partial charge in [-0.1, -0.05) is 0 Å². The van der Waals surface area contributed by atoms with Gasteiger partial charge in [-0.3, -0.25) is 0 Å². The summed E-state index contributed by atoms with van der Waals surface area (Å²) in [5.41, 5.74) is 14.2. The number of hydrogen-bond acceptors (Lipinski definition) is 5. The van der Waals surface area contributed by atoms with Gasteiger partial charge < -0.3 is 26.3 Å². The summed E-state index contributed by atoms with van der Waals surface area (Å²) in [5, 5.41) is 3.23. The Labute approximate surface area is 112 Å². The van der Waals surface area contributed by atoms with E-state index in [-0.39, 0.29) is 0 Å². The molecule has 0 heterocycles. The minimum Gasteiger partial charge on any atom is -0.497 e. The molecule has 0 atom stereocenters. The quantitative estimate of drug-likeness (QED) is 0.735. The van der Waals surface area contributed by atoms with E-state index in [4.69, 9.17) is 20.9 Å². The summed E-state index contributed by atoms with van der Waals surface area (Å²) in [4.78, 5) is 0. The van der Waals surface area contributed by atoms with Crippen LogP contribution in [0.2, 0.25) is 0 Å². The summed E-state index contributed by atoms with van der Waals surface area (Å²) in [7, 11) is 3.23. The second-order valence-corrected chi connectivity index (χ2v) is 4.03. The summed E-state index contributed by atoms with van der Waals surface area (Å²) < 4.78 is 10.5. The van der Waals surface area contributed by atoms with E-state index < -0.39 is 0 Å². The average molecular weight is 259 g/mol. The fourth-order valence-electron chi connectivity index (χ4n) is 1.72. The Bertz CT molecular complexity index is 585. The molecule has 100 valence electrons. The molecule has 0 aliphatic carbocycles. The van der Waals surface area contributed by atoms with Crippen LogP contribution in [0.15, 0.2) is 36.4 Å². The number of nitrogen functional groups attached to an aromatic ring is 2. The zero-order valence-corrected chi connectivity index (χ0v) is 10.9. The number of ether oxygens (including phenoxy) is 2. The van der Waals surface area contributed by atoms with Crippen molar-refractivity contribution in [2.75, 3.05) is 31.0 Å². The van der Waals surface area contributed by atoms with Gasteiger partial charge in [0.1, 0.15) is 11.5 Å². The van der Waals surface area contributed by atoms with Gasteiger partial charge in [-0.2, -0.15) is 0 Å². The van der Waals surface area contributed by atoms with Crippen molar-refractivity contribution in [1.29, 1.82) is 0 Å². The number of anilines is 4. The molecule has 2 rings (SSSR count). The second kappa shape index (κ2) is 5.39. The lowest BCUT2D eigenvalue weighted by molar-refractivity contribution is 0.405. The second-order valence-electron chi connectivity index (χ2n) is 4.03. The van der Waals surface area contributed by atoms with Crippen molar-refractivity contribution in [3.05, 3.63) is 36.4 Å². The Morgan fingerprint density at radius 2 is 1.68 bits per heavy atom. The van der Waals surface area contributed by atoms with Crippen LogP contribution in [0.5, 0.6) is 11.5 Å². The number of nitrogens with two attached hydrogens (primary N) is 2. The summed E-state index contributed by atoms with van der Waals surface area (Å²) in [5.74, 6) is 1.46. The van der Waals surface area contributed by atoms with Crippen molar-refractivity contribution in [3.8, 4) is 11.5 Å². The van der Waals surface area contributed by atoms with E-state index >= 15 is 0 Å². The zero-order valence-electron chi connectivity index (χ0n) is 10.9. The third-order valence-electron chi connectivity index (χ3n) is 2.77. The fourth-order valence-corrected chi connectivity index (χ4v) is 1.72. The smallest absolute Gasteiger partial charge is 0.142 e. The van der Waals surface area contributed by atoms with Gasteiger partial charge in [0.15, 0.2) is 0 Å². The van der Waals surface area contributed by atoms with Crippen LogP contribution in [-0.4, -0.2) is 14.2 Å². The number of benzene rings is 2. The van der Waals surface area contributed by atoms with Crippen molar-refractivity contribution >= 4 is 22.7 Å². The van der Waals surface area contributed by atoms with Crippen molar-refractivity contribution in [2.24, 2.45) is 0 Å². The van der Waals surface area contributed by atoms with Gasteiger partial charge in [0, 0.05) is 11.8 Å². The van der Waals surface area contributed by atoms with E-state index in [1.165, 1.54) is 0 Å². The van der Waals surface area contributed by atoms with Crippen molar-refractivity contribution in [3.63, 3.8) is 0 Å². The molecule has 0 saturated heterocycles. The van der Waals surface area contributed by atoms with Crippen LogP contribution < -0.4 is 26.3 Å². The highest BCUT2D eigenvalue weighted by Crippen LogP contribution is 2.32. The molecule has 0 unspecified atom stereocenters. The molecule has 5 N–H and O–H groups in total. The maximum Gasteiger partial charge on any atom is 0.142 e. The van der Waals surface area contributed by atoms with E-state index in [0.29, 0.717) is 11.4 Å². The summed E-state index contributed by atoms with van der Waals surface area (Å²) in [6, 6.07) is 10.9. The van der Waals surface area contributed by atoms with Gasteiger partial charge >= 0.3 is 0 Å². The first-order valence-electron chi connectivity index (χ1n) is 5.78. The first-order chi connectivity index (χ1) is 9.13. The lowest BCUT2D eigenvalue weighted by atomic mass is 10.2. The van der Waals surface area contributed by atoms with Gasteiger partial charge in [-0.15, -0.1) is 0 Å². The fraction of sp³-hybridized carbons (Fsp3) is 0.143. The lowest BCUT2D eigenvalue weighted by Crippen LogP contribution is -1.98. The van der Waals surface area contributed by atoms with E-state index in [0.717, 1.165) is 22.9 Å². The number of nitrogens with one attached hydrogen (secondary N) is 1. The van der Waals surface area contributed by atoms with Crippen LogP contribution in [-0.2, 0) is 0 Å². The summed E-state index contributed by atoms with van der Waals surface area (Å²) in [6.45, 7) is 0. The molecule has 0 amide bonds. The van der Waals surface area contributed by atoms with E-state index in [9.17, 15) is 0 Å². The molecule has 0 aromatic heterocycles. The molecule has 5 nitrogen and oxygen atoms in total. The topological polar surface area (TPSA) is 82.5 Å². The van der Waals surface area contributed by atoms with Gasteiger partial charge in [-0.05, 0) is 30.3 Å². The third kappa shape index (κ3) is 2.82. The molecule has 0 aliphatic heterocycles. The van der Waals surface area contributed by atoms with Crippen LogP contribution in [0.4, 0.5) is 22.7 Å². The Hall–Kier alpha value is -2.56. The van der Waals surface area contributed by atoms with Gasteiger partial charge in [0.2, 0.25) is 0 Å². The maximum atomic E-state index is 5.78. The first-order valence-corrected chi connectivity index (χ1v) is 5.78. The highest BCUT2D eigenvalue weighted by molar-refractivity contribution is 5.74. The normalized spacial score (nSPS) is 10.0. The van der Waals surface area contributed by atoms with Gasteiger partial charge in [0.25, 0.3) is 0 Å². The number of rotatable bonds is 4. The van der Waals surface area contributed by atoms with Crippen LogP contribution in [0.3, 0.4) is 0 Å². The first kappa shape index (κ1) is 12.9. The summed E-state index contributed by atoms with van der Waals surface area (Å²) in [6.07, 6.45) is 0. The standard InChI is InChI=1S/C14H17N3O2/c1-18-10-4-6-14(19-2)13(8-10)17-9-3-5-11(15)12(16)7-9/h3-8,17H,15-16H2,1-2H3. The van der Waals surface area contributed by atoms with Gasteiger partial charge in [-0.25, -0.2) is 0 Å². The molecule has 0 fully saturated rings. The molecule has 5 heteroatoms. The minimum atomic E-state index is 0.534. The van der Waals surface area contributed by atoms with Crippen molar-refractivity contribution in [2.45, 2.75) is 0 Å². The zero-order chi connectivity index (χ0) is 13.8. The lowest BCUT2D eigenvalue weighted by Gasteiger charge is -2.13. The molecule has 2 aromatic rings. The Morgan fingerprint density at radius 1 is 0.895 bits per heavy atom. The Kier molecular flexibility index (Phi) is 3.66. The number of hydrogen-bond donors (Lipinski definition) is 3. The molecule has 2 aromatic carbocycles. The highest BCUT2D eigenvalue weighted by atomic mass is 16.5. The largest absolute Gasteiger partial charge is 0.497 e. The molecule has 0 spiro atoms. The summed E-state index contributed by atoms with van der Waals surface area (Å²) >= 11 is 0. The minimum absolute atomic E-state index is 0.534. The van der Waals surface area contributed by atoms with Crippen molar-refractivity contribution < 1.29 is 9.47 Å². The molecular formula is C14H17N3O2. The van der Waals surface area contributed by atoms with E-state index in [1.807, 2.05) is 24.3 Å².